The quantitative estimate of drug-likeness (QED) is 0.636. The van der Waals surface area contributed by atoms with Gasteiger partial charge in [-0.05, 0) is 81.6 Å². The fourth-order valence-corrected chi connectivity index (χ4v) is 3.32. The summed E-state index contributed by atoms with van der Waals surface area (Å²) in [6.07, 6.45) is 0. The molecule has 0 radical (unpaired) electrons. The number of hydrogen-bond donors (Lipinski definition) is 2. The van der Waals surface area contributed by atoms with Crippen molar-refractivity contribution in [2.45, 2.75) is 0 Å². The topological polar surface area (TPSA) is 49.3 Å². The number of hydrogen-bond acceptors (Lipinski definition) is 2. The minimum Gasteiger partial charge on any atom is -0.506 e. The van der Waals surface area contributed by atoms with E-state index in [1.165, 1.54) is 24.3 Å². The highest BCUT2D eigenvalue weighted by atomic mass is 127. The summed E-state index contributed by atoms with van der Waals surface area (Å²) in [7, 11) is 0. The maximum absolute atomic E-state index is 12.8. The van der Waals surface area contributed by atoms with E-state index in [2.05, 4.69) is 27.9 Å². The molecule has 3 nitrogen and oxygen atoms in total. The van der Waals surface area contributed by atoms with Crippen LogP contribution in [0.4, 0.5) is 10.1 Å². The van der Waals surface area contributed by atoms with E-state index in [1.807, 2.05) is 22.6 Å². The molecular weight excluding hydrogens is 475 g/mol. The Morgan fingerprint density at radius 1 is 1.16 bits per heavy atom. The number of benzene rings is 2. The predicted molar refractivity (Wildman–Crippen MR) is 87.9 cm³/mol. The van der Waals surface area contributed by atoms with Crippen molar-refractivity contribution in [2.24, 2.45) is 0 Å². The largest absolute Gasteiger partial charge is 0.506 e. The molecule has 0 unspecified atom stereocenters. The van der Waals surface area contributed by atoms with Crippen LogP contribution >= 0.6 is 45.2 Å². The van der Waals surface area contributed by atoms with Gasteiger partial charge in [0.2, 0.25) is 0 Å². The first-order chi connectivity index (χ1) is 8.97. The Morgan fingerprint density at radius 3 is 2.42 bits per heavy atom. The number of phenols is 1. The Bertz CT molecular complexity index is 629. The molecule has 0 aromatic heterocycles. The van der Waals surface area contributed by atoms with E-state index in [0.29, 0.717) is 9.26 Å². The van der Waals surface area contributed by atoms with Gasteiger partial charge < -0.3 is 10.4 Å². The van der Waals surface area contributed by atoms with Crippen molar-refractivity contribution in [3.63, 3.8) is 0 Å². The molecule has 0 spiro atoms. The number of anilines is 1. The molecule has 0 saturated heterocycles. The number of carbonyl (C=O) groups is 1. The zero-order chi connectivity index (χ0) is 14.0. The van der Waals surface area contributed by atoms with Crippen LogP contribution in [0.15, 0.2) is 36.4 Å². The van der Waals surface area contributed by atoms with Gasteiger partial charge >= 0.3 is 0 Å². The lowest BCUT2D eigenvalue weighted by Crippen LogP contribution is -2.12. The molecule has 0 atom stereocenters. The molecule has 98 valence electrons. The van der Waals surface area contributed by atoms with Crippen LogP contribution in [0, 0.1) is 13.0 Å². The molecule has 0 fully saturated rings. The van der Waals surface area contributed by atoms with Crippen LogP contribution in [-0.4, -0.2) is 11.0 Å². The minimum absolute atomic E-state index is 0.0550. The standard InChI is InChI=1S/C13H8FI2NO2/c14-7-1-3-9(4-2-7)17-13(19)10-5-8(15)6-11(16)12(10)18/h1-6,18H,(H,17,19). The van der Waals surface area contributed by atoms with Crippen LogP contribution in [-0.2, 0) is 0 Å². The fraction of sp³-hybridized carbons (Fsp3) is 0. The van der Waals surface area contributed by atoms with Gasteiger partial charge in [-0.3, -0.25) is 4.79 Å². The molecule has 2 rings (SSSR count). The van der Waals surface area contributed by atoms with E-state index in [4.69, 9.17) is 0 Å². The molecule has 0 aliphatic carbocycles. The Hall–Kier alpha value is -0.900. The molecule has 0 heterocycles. The van der Waals surface area contributed by atoms with Gasteiger partial charge in [0.15, 0.2) is 0 Å². The number of rotatable bonds is 2. The molecular formula is C13H8FI2NO2. The molecule has 0 aliphatic heterocycles. The summed E-state index contributed by atoms with van der Waals surface area (Å²) in [6.45, 7) is 0. The smallest absolute Gasteiger partial charge is 0.259 e. The van der Waals surface area contributed by atoms with Crippen LogP contribution in [0.3, 0.4) is 0 Å². The van der Waals surface area contributed by atoms with Gasteiger partial charge in [0.1, 0.15) is 11.6 Å². The van der Waals surface area contributed by atoms with Crippen molar-refractivity contribution in [3.8, 4) is 5.75 Å². The van der Waals surface area contributed by atoms with E-state index < -0.39 is 5.91 Å². The van der Waals surface area contributed by atoms with Crippen molar-refractivity contribution in [1.82, 2.24) is 0 Å². The summed E-state index contributed by atoms with van der Waals surface area (Å²) < 4.78 is 14.2. The van der Waals surface area contributed by atoms with E-state index in [9.17, 15) is 14.3 Å². The SMILES string of the molecule is O=C(Nc1ccc(F)cc1)c1cc(I)cc(I)c1O. The second-order valence-electron chi connectivity index (χ2n) is 3.74. The maximum atomic E-state index is 12.8. The number of halogens is 3. The number of phenolic OH excluding ortho intramolecular Hbond substituents is 1. The third-order valence-electron chi connectivity index (χ3n) is 2.37. The summed E-state index contributed by atoms with van der Waals surface area (Å²) in [5, 5.41) is 12.5. The fourth-order valence-electron chi connectivity index (χ4n) is 1.47. The lowest BCUT2D eigenvalue weighted by atomic mass is 10.2. The first kappa shape index (κ1) is 14.5. The molecule has 6 heteroatoms. The van der Waals surface area contributed by atoms with Crippen molar-refractivity contribution in [3.05, 3.63) is 54.9 Å². The van der Waals surface area contributed by atoms with Gasteiger partial charge in [-0.15, -0.1) is 0 Å². The monoisotopic (exact) mass is 483 g/mol. The highest BCUT2D eigenvalue weighted by Crippen LogP contribution is 2.27. The van der Waals surface area contributed by atoms with Crippen LogP contribution in [0.25, 0.3) is 0 Å². The van der Waals surface area contributed by atoms with Gasteiger partial charge in [0.25, 0.3) is 5.91 Å². The molecule has 2 aromatic rings. The second-order valence-corrected chi connectivity index (χ2v) is 6.15. The molecule has 2 N–H and O–H groups in total. The summed E-state index contributed by atoms with van der Waals surface area (Å²) in [4.78, 5) is 12.1. The predicted octanol–water partition coefficient (Wildman–Crippen LogP) is 3.99. The van der Waals surface area contributed by atoms with Crippen LogP contribution in [0.1, 0.15) is 10.4 Å². The highest BCUT2D eigenvalue weighted by Gasteiger charge is 2.15. The highest BCUT2D eigenvalue weighted by molar-refractivity contribution is 14.1. The van der Waals surface area contributed by atoms with E-state index in [1.54, 1.807) is 12.1 Å². The summed E-state index contributed by atoms with van der Waals surface area (Å²) in [6, 6.07) is 8.80. The zero-order valence-electron chi connectivity index (χ0n) is 9.45. The normalized spacial score (nSPS) is 10.3. The first-order valence-corrected chi connectivity index (χ1v) is 7.38. The number of carbonyl (C=O) groups excluding carboxylic acids is 1. The van der Waals surface area contributed by atoms with Crippen molar-refractivity contribution in [2.75, 3.05) is 5.32 Å². The van der Waals surface area contributed by atoms with Crippen LogP contribution in [0.5, 0.6) is 5.75 Å². The molecule has 1 amide bonds. The Morgan fingerprint density at radius 2 is 1.79 bits per heavy atom. The maximum Gasteiger partial charge on any atom is 0.259 e. The molecule has 0 saturated carbocycles. The summed E-state index contributed by atoms with van der Waals surface area (Å²) in [5.41, 5.74) is 0.667. The van der Waals surface area contributed by atoms with E-state index in [-0.39, 0.29) is 17.1 Å². The van der Waals surface area contributed by atoms with Crippen LogP contribution < -0.4 is 5.32 Å². The van der Waals surface area contributed by atoms with Crippen LogP contribution in [0.2, 0.25) is 0 Å². The average molecular weight is 483 g/mol. The van der Waals surface area contributed by atoms with Gasteiger partial charge in [-0.1, -0.05) is 0 Å². The lowest BCUT2D eigenvalue weighted by Gasteiger charge is -2.08. The average Bonchev–Trinajstić information content (AvgIpc) is 2.36. The molecule has 0 aliphatic rings. The number of amides is 1. The number of nitrogens with one attached hydrogen (secondary N) is 1. The van der Waals surface area contributed by atoms with Gasteiger partial charge in [0, 0.05) is 9.26 Å². The Balaban J connectivity index is 2.27. The van der Waals surface area contributed by atoms with Crippen molar-refractivity contribution < 1.29 is 14.3 Å². The second kappa shape index (κ2) is 6.04. The third kappa shape index (κ3) is 3.56. The third-order valence-corrected chi connectivity index (χ3v) is 3.82. The molecule has 2 aromatic carbocycles. The zero-order valence-corrected chi connectivity index (χ0v) is 13.8. The lowest BCUT2D eigenvalue weighted by molar-refractivity contribution is 0.102. The van der Waals surface area contributed by atoms with Crippen molar-refractivity contribution >= 4 is 56.8 Å². The van der Waals surface area contributed by atoms with E-state index in [0.717, 1.165) is 3.57 Å². The minimum atomic E-state index is -0.430. The number of aromatic hydroxyl groups is 1. The summed E-state index contributed by atoms with van der Waals surface area (Å²) in [5.74, 6) is -0.856. The molecule has 0 bridgehead atoms. The van der Waals surface area contributed by atoms with E-state index >= 15 is 0 Å². The van der Waals surface area contributed by atoms with Crippen molar-refractivity contribution in [1.29, 1.82) is 0 Å². The molecule has 19 heavy (non-hydrogen) atoms. The van der Waals surface area contributed by atoms with Gasteiger partial charge in [-0.2, -0.15) is 0 Å². The Kier molecular flexibility index (Phi) is 4.61. The van der Waals surface area contributed by atoms with Gasteiger partial charge in [0.05, 0.1) is 9.13 Å². The Labute approximate surface area is 136 Å². The first-order valence-electron chi connectivity index (χ1n) is 5.22. The summed E-state index contributed by atoms with van der Waals surface area (Å²) >= 11 is 4.03. The van der Waals surface area contributed by atoms with Gasteiger partial charge in [-0.25, -0.2) is 4.39 Å².